The van der Waals surface area contributed by atoms with E-state index in [-0.39, 0.29) is 18.3 Å². The smallest absolute Gasteiger partial charge is 0.344 e. The normalized spacial score (nSPS) is 11.9. The predicted molar refractivity (Wildman–Crippen MR) is 106 cm³/mol. The summed E-state index contributed by atoms with van der Waals surface area (Å²) in [6, 6.07) is 12.2. The summed E-state index contributed by atoms with van der Waals surface area (Å²) >= 11 is 0. The van der Waals surface area contributed by atoms with Crippen LogP contribution in [0.3, 0.4) is 0 Å². The van der Waals surface area contributed by atoms with Crippen molar-refractivity contribution >= 4 is 5.97 Å². The summed E-state index contributed by atoms with van der Waals surface area (Å²) < 4.78 is 15.6. The lowest BCUT2D eigenvalue weighted by Crippen LogP contribution is -2.17. The molecule has 0 radical (unpaired) electrons. The molecule has 152 valence electrons. The predicted octanol–water partition coefficient (Wildman–Crippen LogP) is 3.65. The Morgan fingerprint density at radius 2 is 1.93 bits per heavy atom. The van der Waals surface area contributed by atoms with E-state index in [1.807, 2.05) is 19.9 Å². The van der Waals surface area contributed by atoms with Crippen LogP contribution >= 0.6 is 0 Å². The highest BCUT2D eigenvalue weighted by atomic mass is 16.6. The van der Waals surface area contributed by atoms with Crippen molar-refractivity contribution in [3.63, 3.8) is 0 Å². The van der Waals surface area contributed by atoms with Crippen molar-refractivity contribution in [1.82, 2.24) is 0 Å². The molecule has 2 aromatic rings. The van der Waals surface area contributed by atoms with Crippen LogP contribution in [0, 0.1) is 5.92 Å². The van der Waals surface area contributed by atoms with Crippen molar-refractivity contribution < 1.29 is 29.2 Å². The summed E-state index contributed by atoms with van der Waals surface area (Å²) in [5.74, 6) is 0.858. The van der Waals surface area contributed by atoms with Crippen molar-refractivity contribution in [2.45, 2.75) is 32.8 Å². The first-order valence-corrected chi connectivity index (χ1v) is 9.31. The molecule has 2 N–H and O–H groups in total. The second kappa shape index (κ2) is 10.6. The molecule has 0 bridgehead atoms. The Balaban J connectivity index is 1.89. The third-order valence-electron chi connectivity index (χ3n) is 4.13. The van der Waals surface area contributed by atoms with Crippen molar-refractivity contribution in [2.75, 3.05) is 20.3 Å². The number of hydrogen-bond acceptors (Lipinski definition) is 6. The summed E-state index contributed by atoms with van der Waals surface area (Å²) in [5.41, 5.74) is 1.66. The maximum atomic E-state index is 11.7. The van der Waals surface area contributed by atoms with Gasteiger partial charge in [0.2, 0.25) is 0 Å². The number of carbonyl (C=O) groups excluding carboxylic acids is 1. The number of phenolic OH excluding ortho intramolecular Hbond substituents is 1. The number of aromatic hydroxyl groups is 1. The zero-order valence-corrected chi connectivity index (χ0v) is 16.6. The molecule has 28 heavy (non-hydrogen) atoms. The van der Waals surface area contributed by atoms with Gasteiger partial charge in [-0.25, -0.2) is 4.79 Å². The minimum absolute atomic E-state index is 0.0866. The molecule has 1 atom stereocenters. The molecule has 0 aromatic heterocycles. The highest BCUT2D eigenvalue weighted by molar-refractivity contribution is 5.71. The van der Waals surface area contributed by atoms with Crippen LogP contribution in [0.5, 0.6) is 17.2 Å². The average Bonchev–Trinajstić information content (AvgIpc) is 2.70. The minimum atomic E-state index is -0.684. The lowest BCUT2D eigenvalue weighted by atomic mass is 10.0. The van der Waals surface area contributed by atoms with Gasteiger partial charge in [0, 0.05) is 0 Å². The van der Waals surface area contributed by atoms with Gasteiger partial charge in [-0.2, -0.15) is 0 Å². The highest BCUT2D eigenvalue weighted by Crippen LogP contribution is 2.28. The average molecular weight is 388 g/mol. The fraction of sp³-hybridized carbons (Fsp3) is 0.409. The molecular weight excluding hydrogens is 360 g/mol. The molecule has 6 nitrogen and oxygen atoms in total. The monoisotopic (exact) mass is 388 g/mol. The summed E-state index contributed by atoms with van der Waals surface area (Å²) in [5, 5.41) is 20.1. The van der Waals surface area contributed by atoms with Crippen LogP contribution in [-0.4, -0.2) is 36.5 Å². The van der Waals surface area contributed by atoms with E-state index in [0.29, 0.717) is 36.5 Å². The first kappa shape index (κ1) is 21.6. The molecule has 0 unspecified atom stereocenters. The second-order valence-corrected chi connectivity index (χ2v) is 7.00. The number of benzene rings is 2. The zero-order chi connectivity index (χ0) is 20.5. The Bertz CT molecular complexity index is 771. The van der Waals surface area contributed by atoms with Gasteiger partial charge in [-0.05, 0) is 54.2 Å². The molecule has 0 spiro atoms. The Morgan fingerprint density at radius 1 is 1.14 bits per heavy atom. The van der Waals surface area contributed by atoms with E-state index in [0.717, 1.165) is 5.56 Å². The van der Waals surface area contributed by atoms with Gasteiger partial charge in [0.05, 0.1) is 19.8 Å². The van der Waals surface area contributed by atoms with E-state index in [2.05, 4.69) is 0 Å². The van der Waals surface area contributed by atoms with E-state index in [4.69, 9.17) is 14.2 Å². The number of methoxy groups -OCH3 is 1. The van der Waals surface area contributed by atoms with Crippen LogP contribution in [0.4, 0.5) is 0 Å². The van der Waals surface area contributed by atoms with Gasteiger partial charge >= 0.3 is 5.97 Å². The molecule has 0 saturated carbocycles. The fourth-order valence-corrected chi connectivity index (χ4v) is 2.60. The van der Waals surface area contributed by atoms with Gasteiger partial charge in [-0.1, -0.05) is 32.0 Å². The first-order chi connectivity index (χ1) is 13.4. The van der Waals surface area contributed by atoms with Crippen LogP contribution in [-0.2, 0) is 16.0 Å². The number of esters is 1. The number of hydrogen-bond donors (Lipinski definition) is 2. The molecule has 0 aliphatic carbocycles. The largest absolute Gasteiger partial charge is 0.504 e. The Hall–Kier alpha value is -2.73. The number of rotatable bonds is 10. The quantitative estimate of drug-likeness (QED) is 0.605. The lowest BCUT2D eigenvalue weighted by molar-refractivity contribution is -0.147. The van der Waals surface area contributed by atoms with Crippen molar-refractivity contribution in [3.05, 3.63) is 53.6 Å². The van der Waals surface area contributed by atoms with Crippen LogP contribution in [0.2, 0.25) is 0 Å². The first-order valence-electron chi connectivity index (χ1n) is 9.31. The Morgan fingerprint density at radius 3 is 2.64 bits per heavy atom. The maximum absolute atomic E-state index is 11.7. The number of aliphatic hydroxyl groups excluding tert-OH is 1. The Kier molecular flexibility index (Phi) is 8.14. The fourth-order valence-electron chi connectivity index (χ4n) is 2.60. The zero-order valence-electron chi connectivity index (χ0n) is 16.6. The third kappa shape index (κ3) is 6.78. The van der Waals surface area contributed by atoms with Crippen LogP contribution in [0.25, 0.3) is 0 Å². The van der Waals surface area contributed by atoms with Crippen molar-refractivity contribution in [2.24, 2.45) is 5.92 Å². The van der Waals surface area contributed by atoms with Gasteiger partial charge < -0.3 is 24.4 Å². The topological polar surface area (TPSA) is 85.2 Å². The van der Waals surface area contributed by atoms with Gasteiger partial charge in [0.15, 0.2) is 18.1 Å². The van der Waals surface area contributed by atoms with E-state index < -0.39 is 12.1 Å². The van der Waals surface area contributed by atoms with Crippen molar-refractivity contribution in [1.29, 1.82) is 0 Å². The van der Waals surface area contributed by atoms with Gasteiger partial charge in [-0.3, -0.25) is 0 Å². The van der Waals surface area contributed by atoms with Gasteiger partial charge in [0.25, 0.3) is 0 Å². The van der Waals surface area contributed by atoms with E-state index >= 15 is 0 Å². The standard InChI is InChI=1S/C22H28O6/c1-15(2)13-28-22(25)14-27-18-6-4-5-17(12-18)19(23)9-7-16-8-10-20(24)21(11-16)26-3/h4-6,8,10-12,15,19,23-24H,7,9,13-14H2,1-3H3/t19-/m1/s1. The molecule has 6 heteroatoms. The molecule has 0 aliphatic rings. The summed E-state index contributed by atoms with van der Waals surface area (Å²) in [7, 11) is 1.50. The summed E-state index contributed by atoms with van der Waals surface area (Å²) in [6.45, 7) is 4.13. The molecule has 0 saturated heterocycles. The molecule has 0 amide bonds. The summed E-state index contributed by atoms with van der Waals surface area (Å²) in [4.78, 5) is 11.7. The number of aryl methyl sites for hydroxylation is 1. The highest BCUT2D eigenvalue weighted by Gasteiger charge is 2.11. The molecule has 0 heterocycles. The molecular formula is C22H28O6. The molecule has 2 aromatic carbocycles. The third-order valence-corrected chi connectivity index (χ3v) is 4.13. The van der Waals surface area contributed by atoms with Crippen LogP contribution in [0.15, 0.2) is 42.5 Å². The SMILES string of the molecule is COc1cc(CC[C@@H](O)c2cccc(OCC(=O)OCC(C)C)c2)ccc1O. The number of carbonyl (C=O) groups is 1. The van der Waals surface area contributed by atoms with Crippen LogP contribution in [0.1, 0.15) is 37.5 Å². The van der Waals surface area contributed by atoms with Crippen molar-refractivity contribution in [3.8, 4) is 17.2 Å². The summed E-state index contributed by atoms with van der Waals surface area (Å²) in [6.07, 6.45) is 0.425. The number of phenols is 1. The second-order valence-electron chi connectivity index (χ2n) is 7.00. The molecule has 0 fully saturated rings. The number of ether oxygens (including phenoxy) is 3. The van der Waals surface area contributed by atoms with Gasteiger partial charge in [-0.15, -0.1) is 0 Å². The van der Waals surface area contributed by atoms with Crippen LogP contribution < -0.4 is 9.47 Å². The minimum Gasteiger partial charge on any atom is -0.504 e. The Labute approximate surface area is 165 Å². The molecule has 0 aliphatic heterocycles. The van der Waals surface area contributed by atoms with E-state index in [9.17, 15) is 15.0 Å². The number of aliphatic hydroxyl groups is 1. The van der Waals surface area contributed by atoms with Gasteiger partial charge in [0.1, 0.15) is 5.75 Å². The van der Waals surface area contributed by atoms with E-state index in [1.54, 1.807) is 36.4 Å². The van der Waals surface area contributed by atoms with E-state index in [1.165, 1.54) is 7.11 Å². The maximum Gasteiger partial charge on any atom is 0.344 e. The molecule has 2 rings (SSSR count). The lowest BCUT2D eigenvalue weighted by Gasteiger charge is -2.14.